The Balaban J connectivity index is 1.68. The Kier molecular flexibility index (Phi) is 3.23. The lowest BCUT2D eigenvalue weighted by atomic mass is 10.2. The zero-order valence-corrected chi connectivity index (χ0v) is 12.5. The van der Waals surface area contributed by atoms with Crippen molar-refractivity contribution in [2.45, 2.75) is 13.1 Å². The average Bonchev–Trinajstić information content (AvgIpc) is 2.91. The van der Waals surface area contributed by atoms with Crippen molar-refractivity contribution in [2.24, 2.45) is 0 Å². The summed E-state index contributed by atoms with van der Waals surface area (Å²) >= 11 is 0. The van der Waals surface area contributed by atoms with Crippen LogP contribution in [0.1, 0.15) is 0 Å². The highest BCUT2D eigenvalue weighted by molar-refractivity contribution is 5.77. The van der Waals surface area contributed by atoms with Gasteiger partial charge in [0, 0.05) is 18.8 Å². The molecule has 4 aromatic rings. The van der Waals surface area contributed by atoms with Gasteiger partial charge in [0.25, 0.3) is 5.56 Å². The van der Waals surface area contributed by atoms with Crippen molar-refractivity contribution in [3.05, 3.63) is 75.6 Å². The van der Waals surface area contributed by atoms with Gasteiger partial charge in [-0.25, -0.2) is 18.9 Å². The second-order valence-corrected chi connectivity index (χ2v) is 5.34. The molecule has 0 saturated heterocycles. The SMILES string of the molecule is O=c1c2ccc(F)cc2ncn1CCn1nc2ccccn2c1=O. The summed E-state index contributed by atoms with van der Waals surface area (Å²) in [4.78, 5) is 28.7. The number of pyridine rings is 1. The summed E-state index contributed by atoms with van der Waals surface area (Å²) in [5.74, 6) is -0.441. The Bertz CT molecular complexity index is 1170. The molecule has 0 unspecified atom stereocenters. The molecule has 7 nitrogen and oxygen atoms in total. The van der Waals surface area contributed by atoms with Crippen molar-refractivity contribution in [1.29, 1.82) is 0 Å². The lowest BCUT2D eigenvalue weighted by Gasteiger charge is -2.06. The fourth-order valence-corrected chi connectivity index (χ4v) is 2.61. The molecule has 0 saturated carbocycles. The highest BCUT2D eigenvalue weighted by atomic mass is 19.1. The lowest BCUT2D eigenvalue weighted by Crippen LogP contribution is -2.27. The van der Waals surface area contributed by atoms with Gasteiger partial charge >= 0.3 is 5.69 Å². The summed E-state index contributed by atoms with van der Waals surface area (Å²) in [5.41, 5.74) is 0.300. The molecule has 4 rings (SSSR count). The van der Waals surface area contributed by atoms with E-state index in [-0.39, 0.29) is 24.3 Å². The van der Waals surface area contributed by atoms with Gasteiger partial charge in [0.05, 0.1) is 23.8 Å². The standard InChI is InChI=1S/C16H12FN5O2/c17-11-4-5-12-13(9-11)18-10-20(15(12)23)7-8-22-16(24)21-6-2-1-3-14(21)19-22/h1-6,9-10H,7-8H2. The van der Waals surface area contributed by atoms with Gasteiger partial charge in [-0.2, -0.15) is 0 Å². The van der Waals surface area contributed by atoms with Crippen LogP contribution >= 0.6 is 0 Å². The zero-order valence-electron chi connectivity index (χ0n) is 12.5. The van der Waals surface area contributed by atoms with Crippen LogP contribution in [0.2, 0.25) is 0 Å². The van der Waals surface area contributed by atoms with Crippen molar-refractivity contribution in [1.82, 2.24) is 23.7 Å². The minimum Gasteiger partial charge on any atom is -0.297 e. The van der Waals surface area contributed by atoms with Crippen LogP contribution in [-0.2, 0) is 13.1 Å². The largest absolute Gasteiger partial charge is 0.350 e. The van der Waals surface area contributed by atoms with E-state index in [1.54, 1.807) is 24.4 Å². The summed E-state index contributed by atoms with van der Waals surface area (Å²) in [6.07, 6.45) is 2.99. The van der Waals surface area contributed by atoms with Crippen molar-refractivity contribution >= 4 is 16.6 Å². The minimum absolute atomic E-state index is 0.231. The normalized spacial score (nSPS) is 11.4. The number of aryl methyl sites for hydroxylation is 2. The molecule has 0 radical (unpaired) electrons. The van der Waals surface area contributed by atoms with Crippen LogP contribution in [-0.4, -0.2) is 23.7 Å². The molecular formula is C16H12FN5O2. The predicted octanol–water partition coefficient (Wildman–Crippen LogP) is 1.05. The molecule has 24 heavy (non-hydrogen) atoms. The zero-order chi connectivity index (χ0) is 16.7. The third-order valence-electron chi connectivity index (χ3n) is 3.83. The summed E-state index contributed by atoms with van der Waals surface area (Å²) in [6.45, 7) is 0.470. The van der Waals surface area contributed by atoms with E-state index in [0.717, 1.165) is 0 Å². The first-order valence-corrected chi connectivity index (χ1v) is 7.32. The van der Waals surface area contributed by atoms with E-state index < -0.39 is 5.82 Å². The molecule has 0 atom stereocenters. The maximum Gasteiger partial charge on any atom is 0.350 e. The van der Waals surface area contributed by atoms with Crippen LogP contribution in [0.25, 0.3) is 16.6 Å². The maximum atomic E-state index is 13.2. The van der Waals surface area contributed by atoms with Crippen LogP contribution in [0.15, 0.2) is 58.5 Å². The number of benzene rings is 1. The Morgan fingerprint density at radius 2 is 1.96 bits per heavy atom. The van der Waals surface area contributed by atoms with Gasteiger partial charge in [-0.15, -0.1) is 5.10 Å². The molecule has 120 valence electrons. The van der Waals surface area contributed by atoms with Crippen molar-refractivity contribution in [3.63, 3.8) is 0 Å². The van der Waals surface area contributed by atoms with E-state index in [9.17, 15) is 14.0 Å². The molecule has 0 N–H and O–H groups in total. The first-order chi connectivity index (χ1) is 11.6. The van der Waals surface area contributed by atoms with Crippen molar-refractivity contribution in [3.8, 4) is 0 Å². The summed E-state index contributed by atoms with van der Waals surface area (Å²) in [7, 11) is 0. The van der Waals surface area contributed by atoms with E-state index in [0.29, 0.717) is 16.6 Å². The van der Waals surface area contributed by atoms with Gasteiger partial charge in [-0.1, -0.05) is 6.07 Å². The molecule has 3 heterocycles. The van der Waals surface area contributed by atoms with Gasteiger partial charge in [-0.3, -0.25) is 13.8 Å². The summed E-state index contributed by atoms with van der Waals surface area (Å²) in [5, 5.41) is 4.55. The monoisotopic (exact) mass is 325 g/mol. The first-order valence-electron chi connectivity index (χ1n) is 7.32. The van der Waals surface area contributed by atoms with Gasteiger partial charge < -0.3 is 0 Å². The van der Waals surface area contributed by atoms with Crippen LogP contribution in [0.4, 0.5) is 4.39 Å². The third-order valence-corrected chi connectivity index (χ3v) is 3.83. The van der Waals surface area contributed by atoms with Gasteiger partial charge in [0.2, 0.25) is 0 Å². The minimum atomic E-state index is -0.441. The molecule has 0 aliphatic heterocycles. The fourth-order valence-electron chi connectivity index (χ4n) is 2.61. The third kappa shape index (κ3) is 2.28. The Morgan fingerprint density at radius 1 is 1.08 bits per heavy atom. The van der Waals surface area contributed by atoms with Crippen molar-refractivity contribution < 1.29 is 4.39 Å². The molecule has 0 spiro atoms. The van der Waals surface area contributed by atoms with E-state index in [1.165, 1.54) is 38.2 Å². The predicted molar refractivity (Wildman–Crippen MR) is 85.4 cm³/mol. The van der Waals surface area contributed by atoms with Crippen LogP contribution < -0.4 is 11.2 Å². The molecular weight excluding hydrogens is 313 g/mol. The maximum absolute atomic E-state index is 13.2. The topological polar surface area (TPSA) is 74.2 Å². The smallest absolute Gasteiger partial charge is 0.297 e. The molecule has 0 bridgehead atoms. The summed E-state index contributed by atoms with van der Waals surface area (Å²) < 4.78 is 17.3. The molecule has 0 amide bonds. The van der Waals surface area contributed by atoms with Crippen molar-refractivity contribution in [2.75, 3.05) is 0 Å². The van der Waals surface area contributed by atoms with Crippen LogP contribution in [0.3, 0.4) is 0 Å². The van der Waals surface area contributed by atoms with E-state index >= 15 is 0 Å². The van der Waals surface area contributed by atoms with E-state index in [2.05, 4.69) is 10.1 Å². The van der Waals surface area contributed by atoms with E-state index in [1.807, 2.05) is 0 Å². The fraction of sp³-hybridized carbons (Fsp3) is 0.125. The number of hydrogen-bond acceptors (Lipinski definition) is 4. The number of aromatic nitrogens is 5. The Labute approximate surface area is 134 Å². The number of fused-ring (bicyclic) bond motifs is 2. The number of nitrogens with zero attached hydrogens (tertiary/aromatic N) is 5. The molecule has 8 heteroatoms. The molecule has 0 aliphatic carbocycles. The number of halogens is 1. The second-order valence-electron chi connectivity index (χ2n) is 5.34. The van der Waals surface area contributed by atoms with Crippen LogP contribution in [0.5, 0.6) is 0 Å². The molecule has 0 aliphatic rings. The van der Waals surface area contributed by atoms with E-state index in [4.69, 9.17) is 0 Å². The lowest BCUT2D eigenvalue weighted by molar-refractivity contribution is 0.509. The molecule has 0 fully saturated rings. The van der Waals surface area contributed by atoms with Gasteiger partial charge in [0.1, 0.15) is 5.82 Å². The van der Waals surface area contributed by atoms with Gasteiger partial charge in [-0.05, 0) is 24.3 Å². The molecule has 1 aromatic carbocycles. The van der Waals surface area contributed by atoms with Crippen LogP contribution in [0, 0.1) is 5.82 Å². The summed E-state index contributed by atoms with van der Waals surface area (Å²) in [6, 6.07) is 9.13. The highest BCUT2D eigenvalue weighted by Crippen LogP contribution is 2.08. The van der Waals surface area contributed by atoms with Gasteiger partial charge in [0.15, 0.2) is 5.65 Å². The second kappa shape index (κ2) is 5.41. The highest BCUT2D eigenvalue weighted by Gasteiger charge is 2.08. The molecule has 3 aromatic heterocycles. The Hall–Kier alpha value is -3.29. The average molecular weight is 325 g/mol. The quantitative estimate of drug-likeness (QED) is 0.564. The Morgan fingerprint density at radius 3 is 2.79 bits per heavy atom. The number of hydrogen-bond donors (Lipinski definition) is 0. The number of rotatable bonds is 3. The first kappa shape index (κ1) is 14.3.